The summed E-state index contributed by atoms with van der Waals surface area (Å²) in [6, 6.07) is 10.4. The number of hydrogen-bond donors (Lipinski definition) is 1. The number of anilines is 1. The molecule has 0 bridgehead atoms. The second-order valence-electron chi connectivity index (χ2n) is 5.77. The van der Waals surface area contributed by atoms with E-state index >= 15 is 0 Å². The van der Waals surface area contributed by atoms with Gasteiger partial charge >= 0.3 is 0 Å². The lowest BCUT2D eigenvalue weighted by molar-refractivity contribution is -0.114. The third-order valence-corrected chi connectivity index (χ3v) is 4.67. The van der Waals surface area contributed by atoms with Crippen LogP contribution < -0.4 is 5.32 Å². The van der Waals surface area contributed by atoms with E-state index in [0.717, 1.165) is 19.6 Å². The first-order chi connectivity index (χ1) is 11.6. The fourth-order valence-electron chi connectivity index (χ4n) is 2.69. The summed E-state index contributed by atoms with van der Waals surface area (Å²) < 4.78 is 0. The van der Waals surface area contributed by atoms with E-state index in [2.05, 4.69) is 27.3 Å². The maximum atomic E-state index is 12.5. The summed E-state index contributed by atoms with van der Waals surface area (Å²) in [6.07, 6.45) is 0. The SMILES string of the molecule is CC(=O)Nc1nc(C(=O)N2CCN(Cc3ccccc3)CC2)cs1. The molecule has 7 heteroatoms. The molecule has 1 saturated heterocycles. The van der Waals surface area contributed by atoms with Crippen molar-refractivity contribution in [3.63, 3.8) is 0 Å². The predicted octanol–water partition coefficient (Wildman–Crippen LogP) is 2.06. The summed E-state index contributed by atoms with van der Waals surface area (Å²) in [5, 5.41) is 4.77. The van der Waals surface area contributed by atoms with E-state index < -0.39 is 0 Å². The second kappa shape index (κ2) is 7.55. The first kappa shape index (κ1) is 16.6. The summed E-state index contributed by atoms with van der Waals surface area (Å²) in [5.41, 5.74) is 1.69. The molecule has 2 aromatic rings. The number of carbonyl (C=O) groups is 2. The summed E-state index contributed by atoms with van der Waals surface area (Å²) in [6.45, 7) is 5.42. The van der Waals surface area contributed by atoms with Crippen molar-refractivity contribution in [2.45, 2.75) is 13.5 Å². The van der Waals surface area contributed by atoms with Crippen LogP contribution in [0.3, 0.4) is 0 Å². The molecule has 1 aromatic heterocycles. The molecule has 0 atom stereocenters. The number of rotatable bonds is 4. The minimum absolute atomic E-state index is 0.0674. The van der Waals surface area contributed by atoms with Gasteiger partial charge in [-0.2, -0.15) is 0 Å². The molecule has 1 fully saturated rings. The number of nitrogens with zero attached hydrogens (tertiary/aromatic N) is 3. The zero-order valence-electron chi connectivity index (χ0n) is 13.6. The number of piperazine rings is 1. The van der Waals surface area contributed by atoms with Gasteiger partial charge in [-0.3, -0.25) is 14.5 Å². The molecule has 6 nitrogen and oxygen atoms in total. The van der Waals surface area contributed by atoms with Gasteiger partial charge in [0.05, 0.1) is 0 Å². The number of hydrogen-bond acceptors (Lipinski definition) is 5. The molecule has 1 aromatic carbocycles. The van der Waals surface area contributed by atoms with Gasteiger partial charge in [0, 0.05) is 45.0 Å². The highest BCUT2D eigenvalue weighted by molar-refractivity contribution is 7.14. The Morgan fingerprint density at radius 2 is 1.88 bits per heavy atom. The van der Waals surface area contributed by atoms with Crippen molar-refractivity contribution in [3.05, 3.63) is 47.0 Å². The number of benzene rings is 1. The van der Waals surface area contributed by atoms with Crippen molar-refractivity contribution >= 4 is 28.3 Å². The molecule has 0 aliphatic carbocycles. The molecular weight excluding hydrogens is 324 g/mol. The van der Waals surface area contributed by atoms with E-state index in [4.69, 9.17) is 0 Å². The molecule has 0 unspecified atom stereocenters. The smallest absolute Gasteiger partial charge is 0.273 e. The molecule has 2 heterocycles. The van der Waals surface area contributed by atoms with Crippen molar-refractivity contribution in [2.75, 3.05) is 31.5 Å². The zero-order valence-corrected chi connectivity index (χ0v) is 14.4. The molecule has 0 saturated carbocycles. The summed E-state index contributed by atoms with van der Waals surface area (Å²) in [7, 11) is 0. The minimum atomic E-state index is -0.183. The number of nitrogens with one attached hydrogen (secondary N) is 1. The monoisotopic (exact) mass is 344 g/mol. The number of carbonyl (C=O) groups excluding carboxylic acids is 2. The number of thiazole rings is 1. The Balaban J connectivity index is 1.53. The molecule has 1 aliphatic rings. The van der Waals surface area contributed by atoms with E-state index in [1.807, 2.05) is 23.1 Å². The Morgan fingerprint density at radius 3 is 2.54 bits per heavy atom. The van der Waals surface area contributed by atoms with Gasteiger partial charge in [0.15, 0.2) is 5.13 Å². The van der Waals surface area contributed by atoms with Crippen LogP contribution in [-0.4, -0.2) is 52.8 Å². The van der Waals surface area contributed by atoms with Crippen LogP contribution >= 0.6 is 11.3 Å². The maximum Gasteiger partial charge on any atom is 0.273 e. The lowest BCUT2D eigenvalue weighted by Crippen LogP contribution is -2.48. The average molecular weight is 344 g/mol. The average Bonchev–Trinajstić information content (AvgIpc) is 3.03. The maximum absolute atomic E-state index is 12.5. The Kier molecular flexibility index (Phi) is 5.22. The van der Waals surface area contributed by atoms with Gasteiger partial charge in [-0.1, -0.05) is 30.3 Å². The van der Waals surface area contributed by atoms with E-state index in [0.29, 0.717) is 23.9 Å². The van der Waals surface area contributed by atoms with E-state index in [1.54, 1.807) is 5.38 Å². The molecular formula is C17H20N4O2S. The van der Waals surface area contributed by atoms with Crippen molar-refractivity contribution < 1.29 is 9.59 Å². The van der Waals surface area contributed by atoms with Crippen molar-refractivity contribution in [2.24, 2.45) is 0 Å². The highest BCUT2D eigenvalue weighted by Gasteiger charge is 2.24. The Bertz CT molecular complexity index is 708. The first-order valence-corrected chi connectivity index (χ1v) is 8.78. The number of amides is 2. The molecule has 2 amide bonds. The number of aromatic nitrogens is 1. The Hall–Kier alpha value is -2.25. The lowest BCUT2D eigenvalue weighted by atomic mass is 10.2. The summed E-state index contributed by atoms with van der Waals surface area (Å²) in [4.78, 5) is 31.9. The fourth-order valence-corrected chi connectivity index (χ4v) is 3.42. The minimum Gasteiger partial charge on any atom is -0.335 e. The fraction of sp³-hybridized carbons (Fsp3) is 0.353. The molecule has 3 rings (SSSR count). The topological polar surface area (TPSA) is 65.5 Å². The van der Waals surface area contributed by atoms with Crippen LogP contribution in [0.15, 0.2) is 35.7 Å². The van der Waals surface area contributed by atoms with Crippen molar-refractivity contribution in [1.29, 1.82) is 0 Å². The molecule has 1 N–H and O–H groups in total. The van der Waals surface area contributed by atoms with Gasteiger partial charge in [-0.15, -0.1) is 11.3 Å². The van der Waals surface area contributed by atoms with Gasteiger partial charge in [0.25, 0.3) is 5.91 Å². The van der Waals surface area contributed by atoms with Crippen LogP contribution in [0.5, 0.6) is 0 Å². The summed E-state index contributed by atoms with van der Waals surface area (Å²) >= 11 is 1.27. The predicted molar refractivity (Wildman–Crippen MR) is 94.0 cm³/mol. The lowest BCUT2D eigenvalue weighted by Gasteiger charge is -2.34. The molecule has 1 aliphatic heterocycles. The third-order valence-electron chi connectivity index (χ3n) is 3.91. The van der Waals surface area contributed by atoms with Crippen molar-refractivity contribution in [3.8, 4) is 0 Å². The highest BCUT2D eigenvalue weighted by Crippen LogP contribution is 2.18. The first-order valence-electron chi connectivity index (χ1n) is 7.90. The van der Waals surface area contributed by atoms with Gasteiger partial charge in [-0.25, -0.2) is 4.98 Å². The highest BCUT2D eigenvalue weighted by atomic mass is 32.1. The van der Waals surface area contributed by atoms with Gasteiger partial charge in [0.1, 0.15) is 5.69 Å². The Morgan fingerprint density at radius 1 is 1.17 bits per heavy atom. The van der Waals surface area contributed by atoms with E-state index in [9.17, 15) is 9.59 Å². The Labute approximate surface area is 145 Å². The van der Waals surface area contributed by atoms with E-state index in [1.165, 1.54) is 23.8 Å². The van der Waals surface area contributed by atoms with E-state index in [-0.39, 0.29) is 11.8 Å². The van der Waals surface area contributed by atoms with Crippen LogP contribution in [0, 0.1) is 0 Å². The third kappa shape index (κ3) is 4.18. The van der Waals surface area contributed by atoms with Gasteiger partial charge in [0.2, 0.25) is 5.91 Å². The van der Waals surface area contributed by atoms with Crippen LogP contribution in [0.25, 0.3) is 0 Å². The van der Waals surface area contributed by atoms with Crippen LogP contribution in [-0.2, 0) is 11.3 Å². The molecule has 0 spiro atoms. The van der Waals surface area contributed by atoms with Crippen LogP contribution in [0.2, 0.25) is 0 Å². The second-order valence-corrected chi connectivity index (χ2v) is 6.63. The normalized spacial score (nSPS) is 15.3. The van der Waals surface area contributed by atoms with Gasteiger partial charge < -0.3 is 10.2 Å². The quantitative estimate of drug-likeness (QED) is 0.922. The standard InChI is InChI=1S/C17H20N4O2S/c1-13(22)18-17-19-15(12-24-17)16(23)21-9-7-20(8-10-21)11-14-5-3-2-4-6-14/h2-6,12H,7-11H2,1H3,(H,18,19,22). The summed E-state index contributed by atoms with van der Waals surface area (Å²) in [5.74, 6) is -0.250. The molecule has 24 heavy (non-hydrogen) atoms. The molecule has 0 radical (unpaired) electrons. The van der Waals surface area contributed by atoms with Crippen molar-refractivity contribution in [1.82, 2.24) is 14.8 Å². The molecule has 126 valence electrons. The van der Waals surface area contributed by atoms with Crippen LogP contribution in [0.4, 0.5) is 5.13 Å². The largest absolute Gasteiger partial charge is 0.335 e. The van der Waals surface area contributed by atoms with Crippen LogP contribution in [0.1, 0.15) is 23.0 Å². The zero-order chi connectivity index (χ0) is 16.9. The van der Waals surface area contributed by atoms with Gasteiger partial charge in [-0.05, 0) is 5.56 Å².